The van der Waals surface area contributed by atoms with Crippen LogP contribution in [0.25, 0.3) is 5.95 Å². The van der Waals surface area contributed by atoms with Crippen LogP contribution < -0.4 is 21.5 Å². The summed E-state index contributed by atoms with van der Waals surface area (Å²) in [5.74, 6) is -2.10. The number of H-pyrrole nitrogens is 1. The lowest BCUT2D eigenvalue weighted by Gasteiger charge is -2.20. The number of anilines is 1. The molecule has 4 rings (SSSR count). The summed E-state index contributed by atoms with van der Waals surface area (Å²) in [7, 11) is 1.36. The van der Waals surface area contributed by atoms with Gasteiger partial charge in [0.25, 0.3) is 5.95 Å². The molecule has 2 aromatic heterocycles. The highest BCUT2D eigenvalue weighted by atomic mass is 19.4. The summed E-state index contributed by atoms with van der Waals surface area (Å²) in [6.45, 7) is -0.689. The summed E-state index contributed by atoms with van der Waals surface area (Å²) in [6, 6.07) is 11.6. The Morgan fingerprint density at radius 3 is 2.49 bits per heavy atom. The number of alkyl halides is 3. The van der Waals surface area contributed by atoms with Crippen LogP contribution in [0.15, 0.2) is 65.7 Å². The molecule has 0 radical (unpaired) electrons. The number of nitrogen functional groups attached to an aromatic ring is 1. The molecule has 0 amide bonds. The van der Waals surface area contributed by atoms with Crippen molar-refractivity contribution in [1.82, 2.24) is 24.7 Å². The molecule has 5 N–H and O–H groups in total. The molecule has 0 aliphatic heterocycles. The van der Waals surface area contributed by atoms with Crippen LogP contribution in [0, 0.1) is 5.41 Å². The minimum atomic E-state index is -5.15. The Kier molecular flexibility index (Phi) is 7.60. The fourth-order valence-electron chi connectivity index (χ4n) is 3.51. The summed E-state index contributed by atoms with van der Waals surface area (Å²) in [5.41, 5.74) is 6.48. The number of nitrogens with one attached hydrogen (secondary N) is 3. The smallest absolute Gasteiger partial charge is 0.490 e. The summed E-state index contributed by atoms with van der Waals surface area (Å²) in [5, 5.41) is 15.1. The summed E-state index contributed by atoms with van der Waals surface area (Å²) < 4.78 is 48.6. The first-order valence-electron chi connectivity index (χ1n) is 11.1. The van der Waals surface area contributed by atoms with E-state index in [1.807, 2.05) is 0 Å². The molecule has 2 aromatic carbocycles. The molecule has 2 heterocycles. The number of esters is 1. The number of halogens is 3. The molecule has 0 bridgehead atoms. The van der Waals surface area contributed by atoms with Gasteiger partial charge in [0.2, 0.25) is 0 Å². The van der Waals surface area contributed by atoms with Crippen LogP contribution >= 0.6 is 0 Å². The van der Waals surface area contributed by atoms with Gasteiger partial charge in [-0.2, -0.15) is 13.2 Å². The second-order valence-corrected chi connectivity index (χ2v) is 8.03. The quantitative estimate of drug-likeness (QED) is 0.141. The van der Waals surface area contributed by atoms with Gasteiger partial charge in [-0.3, -0.25) is 10.4 Å². The second kappa shape index (κ2) is 11.0. The van der Waals surface area contributed by atoms with Gasteiger partial charge in [0.1, 0.15) is 24.2 Å². The lowest BCUT2D eigenvalue weighted by atomic mass is 10.0. The lowest BCUT2D eigenvalue weighted by Crippen LogP contribution is -2.25. The predicted octanol–water partition coefficient (Wildman–Crippen LogP) is 2.45. The standard InChI is InChI=1S/C24H21F3N8O4/c1-38-17-10-13(12-39-21(36)24(25,26)27)9-15(11-17)18(32-16-5-3-14(4-6-16)19(28)29)20-33-23(37)35(34-20)22-30-7-2-8-31-22/h2-11,18,32H,12H2,1H3,(H3,28,29)(H,33,34,37). The minimum Gasteiger partial charge on any atom is -0.497 e. The zero-order valence-corrected chi connectivity index (χ0v) is 20.2. The molecule has 0 spiro atoms. The van der Waals surface area contributed by atoms with Crippen molar-refractivity contribution in [1.29, 1.82) is 5.41 Å². The van der Waals surface area contributed by atoms with Crippen molar-refractivity contribution in [2.24, 2.45) is 5.73 Å². The summed E-state index contributed by atoms with van der Waals surface area (Å²) in [4.78, 5) is 34.7. The lowest BCUT2D eigenvalue weighted by molar-refractivity contribution is -0.201. The number of amidine groups is 1. The monoisotopic (exact) mass is 542 g/mol. The van der Waals surface area contributed by atoms with Crippen molar-refractivity contribution in [3.05, 3.63) is 93.9 Å². The number of hydrogen-bond acceptors (Lipinski definition) is 9. The largest absolute Gasteiger partial charge is 0.497 e. The van der Waals surface area contributed by atoms with E-state index in [0.717, 1.165) is 4.68 Å². The summed E-state index contributed by atoms with van der Waals surface area (Å²) >= 11 is 0. The second-order valence-electron chi connectivity index (χ2n) is 8.03. The van der Waals surface area contributed by atoms with E-state index >= 15 is 0 Å². The number of aromatic nitrogens is 5. The van der Waals surface area contributed by atoms with E-state index < -0.39 is 30.5 Å². The van der Waals surface area contributed by atoms with Gasteiger partial charge in [-0.05, 0) is 59.7 Å². The van der Waals surface area contributed by atoms with Crippen LogP contribution in [-0.4, -0.2) is 49.8 Å². The molecule has 1 unspecified atom stereocenters. The van der Waals surface area contributed by atoms with Crippen LogP contribution in [0.4, 0.5) is 18.9 Å². The van der Waals surface area contributed by atoms with Gasteiger partial charge in [0.15, 0.2) is 5.82 Å². The first kappa shape index (κ1) is 26.8. The predicted molar refractivity (Wildman–Crippen MR) is 132 cm³/mol. The number of benzene rings is 2. The van der Waals surface area contributed by atoms with E-state index in [1.165, 1.54) is 31.6 Å². The van der Waals surface area contributed by atoms with Crippen molar-refractivity contribution in [2.45, 2.75) is 18.8 Å². The Labute approximate surface area is 218 Å². The molecule has 39 heavy (non-hydrogen) atoms. The van der Waals surface area contributed by atoms with Crippen molar-refractivity contribution in [3.8, 4) is 11.7 Å². The van der Waals surface area contributed by atoms with E-state index in [4.69, 9.17) is 15.9 Å². The molecule has 0 aliphatic carbocycles. The number of carbonyl (C=O) groups excluding carboxylic acids is 1. The fraction of sp³-hybridized carbons (Fsp3) is 0.167. The number of hydrogen-bond donors (Lipinski definition) is 4. The average molecular weight is 542 g/mol. The van der Waals surface area contributed by atoms with Crippen LogP contribution in [0.1, 0.15) is 28.6 Å². The average Bonchev–Trinajstić information content (AvgIpc) is 3.31. The van der Waals surface area contributed by atoms with Gasteiger partial charge in [-0.25, -0.2) is 19.6 Å². The van der Waals surface area contributed by atoms with Crippen LogP contribution in [-0.2, 0) is 16.1 Å². The van der Waals surface area contributed by atoms with Crippen molar-refractivity contribution in [3.63, 3.8) is 0 Å². The maximum absolute atomic E-state index is 12.7. The molecule has 15 heteroatoms. The zero-order valence-electron chi connectivity index (χ0n) is 20.2. The van der Waals surface area contributed by atoms with Gasteiger partial charge in [0, 0.05) is 23.6 Å². The fourth-order valence-corrected chi connectivity index (χ4v) is 3.51. The summed E-state index contributed by atoms with van der Waals surface area (Å²) in [6.07, 6.45) is -2.28. The minimum absolute atomic E-state index is 0.0138. The van der Waals surface area contributed by atoms with Crippen LogP contribution in [0.5, 0.6) is 5.75 Å². The Balaban J connectivity index is 1.76. The molecule has 12 nitrogen and oxygen atoms in total. The van der Waals surface area contributed by atoms with E-state index in [0.29, 0.717) is 16.8 Å². The van der Waals surface area contributed by atoms with Gasteiger partial charge in [0.05, 0.1) is 7.11 Å². The van der Waals surface area contributed by atoms with Gasteiger partial charge < -0.3 is 20.5 Å². The third-order valence-corrected chi connectivity index (χ3v) is 5.32. The number of rotatable bonds is 9. The molecule has 0 aliphatic rings. The molecule has 4 aromatic rings. The maximum atomic E-state index is 12.7. The van der Waals surface area contributed by atoms with E-state index in [-0.39, 0.29) is 28.9 Å². The molecule has 1 atom stereocenters. The molecule has 202 valence electrons. The highest BCUT2D eigenvalue weighted by Crippen LogP contribution is 2.29. The normalized spacial score (nSPS) is 12.0. The molecule has 0 fully saturated rings. The third kappa shape index (κ3) is 6.38. The molecular weight excluding hydrogens is 521 g/mol. The first-order valence-corrected chi connectivity index (χ1v) is 11.1. The number of carbonyl (C=O) groups is 1. The van der Waals surface area contributed by atoms with Crippen molar-refractivity contribution >= 4 is 17.5 Å². The SMILES string of the molecule is COc1cc(COC(=O)C(F)(F)F)cc(C(Nc2ccc(C(=N)N)cc2)c2nn(-c3ncccn3)c(=O)[nH]2)c1. The Hall–Kier alpha value is -5.21. The van der Waals surface area contributed by atoms with E-state index in [2.05, 4.69) is 30.1 Å². The van der Waals surface area contributed by atoms with Crippen molar-refractivity contribution < 1.29 is 27.4 Å². The molecular formula is C24H21F3N8O4. The Morgan fingerprint density at radius 2 is 1.87 bits per heavy atom. The van der Waals surface area contributed by atoms with Crippen molar-refractivity contribution in [2.75, 3.05) is 12.4 Å². The van der Waals surface area contributed by atoms with E-state index in [9.17, 15) is 22.8 Å². The van der Waals surface area contributed by atoms with Crippen LogP contribution in [0.2, 0.25) is 0 Å². The third-order valence-electron chi connectivity index (χ3n) is 5.32. The first-order chi connectivity index (χ1) is 18.5. The Bertz CT molecular complexity index is 1540. The highest BCUT2D eigenvalue weighted by Gasteiger charge is 2.41. The topological polar surface area (TPSA) is 174 Å². The molecule has 0 saturated heterocycles. The number of aromatic amines is 1. The Morgan fingerprint density at radius 1 is 1.18 bits per heavy atom. The number of methoxy groups -OCH3 is 1. The van der Waals surface area contributed by atoms with Gasteiger partial charge in [-0.15, -0.1) is 9.78 Å². The van der Waals surface area contributed by atoms with Gasteiger partial charge in [-0.1, -0.05) is 0 Å². The van der Waals surface area contributed by atoms with Crippen LogP contribution in [0.3, 0.4) is 0 Å². The maximum Gasteiger partial charge on any atom is 0.490 e. The zero-order chi connectivity index (χ0) is 28.2. The van der Waals surface area contributed by atoms with Gasteiger partial charge >= 0.3 is 17.8 Å². The number of ether oxygens (including phenoxy) is 2. The van der Waals surface area contributed by atoms with E-state index in [1.54, 1.807) is 36.4 Å². The molecule has 0 saturated carbocycles. The highest BCUT2D eigenvalue weighted by molar-refractivity contribution is 5.95. The number of nitrogens with zero attached hydrogens (tertiary/aromatic N) is 4. The number of nitrogens with two attached hydrogens (primary N) is 1.